The molecule has 0 aliphatic carbocycles. The molecule has 0 atom stereocenters. The number of halogens is 1. The van der Waals surface area contributed by atoms with Gasteiger partial charge in [0.1, 0.15) is 0 Å². The number of aryl methyl sites for hydroxylation is 2. The molecule has 0 unspecified atom stereocenters. The van der Waals surface area contributed by atoms with E-state index in [1.165, 1.54) is 0 Å². The first-order chi connectivity index (χ1) is 6.70. The second-order valence-electron chi connectivity index (χ2n) is 3.37. The lowest BCUT2D eigenvalue weighted by molar-refractivity contribution is 0.284. The van der Waals surface area contributed by atoms with E-state index < -0.39 is 0 Å². The summed E-state index contributed by atoms with van der Waals surface area (Å²) in [5.74, 6) is 0. The van der Waals surface area contributed by atoms with Gasteiger partial charge >= 0.3 is 0 Å². The molecule has 0 amide bonds. The molecule has 0 aliphatic heterocycles. The summed E-state index contributed by atoms with van der Waals surface area (Å²) in [6, 6.07) is 0. The first-order valence-electron chi connectivity index (χ1n) is 5.01. The van der Waals surface area contributed by atoms with Crippen LogP contribution in [0.4, 0.5) is 0 Å². The van der Waals surface area contributed by atoms with E-state index in [1.54, 1.807) is 0 Å². The van der Waals surface area contributed by atoms with Crippen LogP contribution in [0.15, 0.2) is 0 Å². The summed E-state index contributed by atoms with van der Waals surface area (Å²) in [4.78, 5) is 0. The molecule has 3 nitrogen and oxygen atoms in total. The van der Waals surface area contributed by atoms with Gasteiger partial charge in [-0.3, -0.25) is 4.68 Å². The van der Waals surface area contributed by atoms with Gasteiger partial charge < -0.3 is 5.11 Å². The highest BCUT2D eigenvalue weighted by Gasteiger charge is 2.11. The maximum absolute atomic E-state index is 8.68. The lowest BCUT2D eigenvalue weighted by Gasteiger charge is -2.01. The second-order valence-corrected chi connectivity index (χ2v) is 3.74. The maximum atomic E-state index is 8.68. The molecule has 0 fully saturated rings. The predicted molar refractivity (Wildman–Crippen MR) is 57.6 cm³/mol. The number of aliphatic hydroxyl groups is 1. The van der Waals surface area contributed by atoms with Gasteiger partial charge in [0.05, 0.1) is 16.4 Å². The van der Waals surface area contributed by atoms with Crippen LogP contribution in [0.5, 0.6) is 0 Å². The molecule has 1 N–H and O–H groups in total. The molecule has 1 aromatic heterocycles. The Bertz CT molecular complexity index is 297. The van der Waals surface area contributed by atoms with Gasteiger partial charge in [0, 0.05) is 13.7 Å². The third kappa shape index (κ3) is 2.49. The molecule has 0 radical (unpaired) electrons. The first-order valence-corrected chi connectivity index (χ1v) is 5.39. The minimum atomic E-state index is 0.246. The van der Waals surface area contributed by atoms with Gasteiger partial charge in [0.2, 0.25) is 0 Å². The fourth-order valence-electron chi connectivity index (χ4n) is 1.50. The zero-order valence-electron chi connectivity index (χ0n) is 8.76. The van der Waals surface area contributed by atoms with Gasteiger partial charge in [-0.2, -0.15) is 5.10 Å². The second kappa shape index (κ2) is 5.37. The van der Waals surface area contributed by atoms with Crippen molar-refractivity contribution in [3.8, 4) is 0 Å². The molecule has 14 heavy (non-hydrogen) atoms. The summed E-state index contributed by atoms with van der Waals surface area (Å²) in [5.41, 5.74) is 2.05. The number of unbranched alkanes of at least 4 members (excludes halogenated alkanes) is 1. The minimum absolute atomic E-state index is 0.246. The predicted octanol–water partition coefficient (Wildman–Crippen LogP) is 1.95. The topological polar surface area (TPSA) is 38.0 Å². The average Bonchev–Trinajstić information content (AvgIpc) is 2.45. The van der Waals surface area contributed by atoms with Gasteiger partial charge in [0.25, 0.3) is 0 Å². The Morgan fingerprint density at radius 3 is 2.64 bits per heavy atom. The zero-order chi connectivity index (χ0) is 10.6. The normalized spacial score (nSPS) is 10.9. The lowest BCUT2D eigenvalue weighted by Crippen LogP contribution is -1.99. The molecule has 0 spiro atoms. The van der Waals surface area contributed by atoms with E-state index in [-0.39, 0.29) is 6.61 Å². The fraction of sp³-hybridized carbons (Fsp3) is 0.700. The van der Waals surface area contributed by atoms with Crippen LogP contribution in [0.25, 0.3) is 0 Å². The molecule has 4 heteroatoms. The smallest absolute Gasteiger partial charge is 0.0849 e. The Morgan fingerprint density at radius 2 is 2.14 bits per heavy atom. The van der Waals surface area contributed by atoms with Crippen LogP contribution in [0.3, 0.4) is 0 Å². The monoisotopic (exact) mass is 216 g/mol. The lowest BCUT2D eigenvalue weighted by atomic mass is 10.2. The highest BCUT2D eigenvalue weighted by Crippen LogP contribution is 2.22. The van der Waals surface area contributed by atoms with Crippen molar-refractivity contribution >= 4 is 11.6 Å². The van der Waals surface area contributed by atoms with E-state index in [2.05, 4.69) is 5.10 Å². The van der Waals surface area contributed by atoms with Crippen molar-refractivity contribution in [1.29, 1.82) is 0 Å². The Labute approximate surface area is 89.7 Å². The summed E-state index contributed by atoms with van der Waals surface area (Å²) < 4.78 is 1.85. The van der Waals surface area contributed by atoms with E-state index >= 15 is 0 Å². The summed E-state index contributed by atoms with van der Waals surface area (Å²) in [5, 5.41) is 13.8. The number of hydrogen-bond donors (Lipinski definition) is 1. The molecule has 1 rings (SSSR count). The number of aromatic nitrogens is 2. The van der Waals surface area contributed by atoms with Crippen LogP contribution in [0.2, 0.25) is 5.02 Å². The summed E-state index contributed by atoms with van der Waals surface area (Å²) in [6.45, 7) is 2.29. The van der Waals surface area contributed by atoms with E-state index in [0.717, 1.165) is 42.1 Å². The molecule has 80 valence electrons. The molecule has 0 saturated heterocycles. The van der Waals surface area contributed by atoms with E-state index in [0.29, 0.717) is 0 Å². The third-order valence-corrected chi connectivity index (χ3v) is 2.76. The molecular formula is C10H17ClN2O. The van der Waals surface area contributed by atoms with Crippen molar-refractivity contribution in [2.75, 3.05) is 6.61 Å². The highest BCUT2D eigenvalue weighted by atomic mass is 35.5. The van der Waals surface area contributed by atoms with Gasteiger partial charge in [0.15, 0.2) is 0 Å². The minimum Gasteiger partial charge on any atom is -0.396 e. The number of hydrogen-bond acceptors (Lipinski definition) is 2. The Kier molecular flexibility index (Phi) is 4.42. The average molecular weight is 217 g/mol. The van der Waals surface area contributed by atoms with E-state index in [1.807, 2.05) is 18.7 Å². The molecule has 0 saturated carbocycles. The number of nitrogens with zero attached hydrogens (tertiary/aromatic N) is 2. The highest BCUT2D eigenvalue weighted by molar-refractivity contribution is 6.31. The maximum Gasteiger partial charge on any atom is 0.0849 e. The van der Waals surface area contributed by atoms with Crippen LogP contribution in [0.1, 0.15) is 31.2 Å². The third-order valence-electron chi connectivity index (χ3n) is 2.32. The Morgan fingerprint density at radius 1 is 1.43 bits per heavy atom. The van der Waals surface area contributed by atoms with Crippen molar-refractivity contribution in [2.24, 2.45) is 7.05 Å². The zero-order valence-corrected chi connectivity index (χ0v) is 9.51. The molecule has 0 bridgehead atoms. The number of rotatable bonds is 5. The van der Waals surface area contributed by atoms with Crippen LogP contribution in [0, 0.1) is 0 Å². The van der Waals surface area contributed by atoms with Crippen molar-refractivity contribution < 1.29 is 5.11 Å². The van der Waals surface area contributed by atoms with Crippen LogP contribution in [-0.2, 0) is 19.9 Å². The molecule has 1 aromatic rings. The van der Waals surface area contributed by atoms with Crippen molar-refractivity contribution in [1.82, 2.24) is 9.78 Å². The van der Waals surface area contributed by atoms with Crippen LogP contribution in [-0.4, -0.2) is 21.5 Å². The van der Waals surface area contributed by atoms with Crippen molar-refractivity contribution in [2.45, 2.75) is 32.6 Å². The van der Waals surface area contributed by atoms with Gasteiger partial charge in [-0.1, -0.05) is 18.5 Å². The molecular weight excluding hydrogens is 200 g/mol. The first kappa shape index (κ1) is 11.5. The van der Waals surface area contributed by atoms with Gasteiger partial charge in [-0.25, -0.2) is 0 Å². The fourth-order valence-corrected chi connectivity index (χ4v) is 1.88. The molecule has 0 aliphatic rings. The SMILES string of the molecule is CCc1nn(C)c(CCCCO)c1Cl. The summed E-state index contributed by atoms with van der Waals surface area (Å²) in [7, 11) is 1.92. The van der Waals surface area contributed by atoms with Crippen LogP contribution >= 0.6 is 11.6 Å². The van der Waals surface area contributed by atoms with Crippen LogP contribution < -0.4 is 0 Å². The quantitative estimate of drug-likeness (QED) is 0.765. The van der Waals surface area contributed by atoms with Gasteiger partial charge in [-0.05, 0) is 25.7 Å². The largest absolute Gasteiger partial charge is 0.396 e. The summed E-state index contributed by atoms with van der Waals surface area (Å²) >= 11 is 6.16. The number of aliphatic hydroxyl groups excluding tert-OH is 1. The Hall–Kier alpha value is -0.540. The van der Waals surface area contributed by atoms with Crippen molar-refractivity contribution in [3.05, 3.63) is 16.4 Å². The standard InChI is InChI=1S/C10H17ClN2O/c1-3-8-10(11)9(13(2)12-8)6-4-5-7-14/h14H,3-7H2,1-2H3. The van der Waals surface area contributed by atoms with Gasteiger partial charge in [-0.15, -0.1) is 0 Å². The van der Waals surface area contributed by atoms with E-state index in [9.17, 15) is 0 Å². The molecule has 1 heterocycles. The van der Waals surface area contributed by atoms with Crippen molar-refractivity contribution in [3.63, 3.8) is 0 Å². The Balaban J connectivity index is 2.70. The summed E-state index contributed by atoms with van der Waals surface area (Å²) in [6.07, 6.45) is 3.54. The molecule has 0 aromatic carbocycles. The van der Waals surface area contributed by atoms with E-state index in [4.69, 9.17) is 16.7 Å².